The van der Waals surface area contributed by atoms with E-state index in [4.69, 9.17) is 4.74 Å². The van der Waals surface area contributed by atoms with Crippen LogP contribution < -0.4 is 0 Å². The summed E-state index contributed by atoms with van der Waals surface area (Å²) in [6, 6.07) is 0. The second kappa shape index (κ2) is 12.2. The van der Waals surface area contributed by atoms with E-state index in [0.29, 0.717) is 19.7 Å². The molecule has 0 aliphatic heterocycles. The first-order chi connectivity index (χ1) is 9.10. The Morgan fingerprint density at radius 1 is 1.37 bits per heavy atom. The monoisotopic (exact) mass is 271 g/mol. The zero-order valence-electron chi connectivity index (χ0n) is 12.6. The molecule has 0 aliphatic carbocycles. The van der Waals surface area contributed by atoms with Gasteiger partial charge >= 0.3 is 5.97 Å². The number of hydrogen-bond acceptors (Lipinski definition) is 4. The highest BCUT2D eigenvalue weighted by Crippen LogP contribution is 2.06. The number of allylic oxidation sites excluding steroid dienone is 1. The van der Waals surface area contributed by atoms with Crippen molar-refractivity contribution in [2.45, 2.75) is 52.1 Å². The molecule has 0 fully saturated rings. The van der Waals surface area contributed by atoms with Crippen LogP contribution in [0.1, 0.15) is 46.0 Å². The van der Waals surface area contributed by atoms with Gasteiger partial charge in [0.2, 0.25) is 0 Å². The molecule has 0 rings (SSSR count). The van der Waals surface area contributed by atoms with Crippen LogP contribution in [0.15, 0.2) is 12.2 Å². The van der Waals surface area contributed by atoms with Crippen molar-refractivity contribution >= 4 is 5.97 Å². The van der Waals surface area contributed by atoms with Crippen molar-refractivity contribution in [2.24, 2.45) is 0 Å². The molecule has 1 atom stereocenters. The Labute approximate surface area is 117 Å². The fourth-order valence-corrected chi connectivity index (χ4v) is 1.84. The van der Waals surface area contributed by atoms with Gasteiger partial charge in [-0.25, -0.2) is 4.79 Å². The Kier molecular flexibility index (Phi) is 11.6. The van der Waals surface area contributed by atoms with Gasteiger partial charge in [0.15, 0.2) is 0 Å². The lowest BCUT2D eigenvalue weighted by molar-refractivity contribution is -0.138. The number of carbonyl (C=O) groups excluding carboxylic acids is 1. The van der Waals surface area contributed by atoms with Crippen LogP contribution in [-0.4, -0.2) is 48.8 Å². The van der Waals surface area contributed by atoms with Gasteiger partial charge in [-0.2, -0.15) is 0 Å². The van der Waals surface area contributed by atoms with Crippen LogP contribution in [-0.2, 0) is 9.53 Å². The number of rotatable bonds is 11. The molecule has 1 N–H and O–H groups in total. The maximum atomic E-state index is 11.1. The Morgan fingerprint density at radius 3 is 2.74 bits per heavy atom. The van der Waals surface area contributed by atoms with Gasteiger partial charge < -0.3 is 14.7 Å². The SMILES string of the molecule is C/C=C/C(=O)OCCN(C)CC(O)CCCCCC. The van der Waals surface area contributed by atoms with E-state index >= 15 is 0 Å². The van der Waals surface area contributed by atoms with Crippen LogP contribution in [0.2, 0.25) is 0 Å². The fourth-order valence-electron chi connectivity index (χ4n) is 1.84. The lowest BCUT2D eigenvalue weighted by Crippen LogP contribution is -2.32. The van der Waals surface area contributed by atoms with Crippen molar-refractivity contribution in [3.8, 4) is 0 Å². The van der Waals surface area contributed by atoms with Crippen molar-refractivity contribution in [3.63, 3.8) is 0 Å². The smallest absolute Gasteiger partial charge is 0.330 e. The first kappa shape index (κ1) is 18.1. The van der Waals surface area contributed by atoms with Gasteiger partial charge in [-0.3, -0.25) is 0 Å². The van der Waals surface area contributed by atoms with Gasteiger partial charge in [0, 0.05) is 19.2 Å². The maximum absolute atomic E-state index is 11.1. The molecule has 0 heterocycles. The minimum absolute atomic E-state index is 0.284. The second-order valence-electron chi connectivity index (χ2n) is 4.93. The third kappa shape index (κ3) is 11.9. The molecule has 4 heteroatoms. The Morgan fingerprint density at radius 2 is 2.11 bits per heavy atom. The molecule has 0 saturated carbocycles. The number of unbranched alkanes of at least 4 members (excludes halogenated alkanes) is 3. The minimum atomic E-state index is -0.309. The molecule has 0 aliphatic rings. The van der Waals surface area contributed by atoms with Gasteiger partial charge in [-0.05, 0) is 20.4 Å². The first-order valence-corrected chi connectivity index (χ1v) is 7.26. The summed E-state index contributed by atoms with van der Waals surface area (Å²) in [5.74, 6) is -0.309. The Balaban J connectivity index is 3.56. The number of carbonyl (C=O) groups is 1. The highest BCUT2D eigenvalue weighted by molar-refractivity contribution is 5.81. The summed E-state index contributed by atoms with van der Waals surface area (Å²) in [5, 5.41) is 9.85. The summed E-state index contributed by atoms with van der Waals surface area (Å²) >= 11 is 0. The first-order valence-electron chi connectivity index (χ1n) is 7.26. The quantitative estimate of drug-likeness (QED) is 0.356. The maximum Gasteiger partial charge on any atom is 0.330 e. The van der Waals surface area contributed by atoms with Crippen LogP contribution in [0.5, 0.6) is 0 Å². The summed E-state index contributed by atoms with van der Waals surface area (Å²) in [7, 11) is 1.93. The largest absolute Gasteiger partial charge is 0.461 e. The van der Waals surface area contributed by atoms with Crippen molar-refractivity contribution < 1.29 is 14.6 Å². The molecular weight excluding hydrogens is 242 g/mol. The third-order valence-corrected chi connectivity index (χ3v) is 2.93. The molecule has 0 bridgehead atoms. The topological polar surface area (TPSA) is 49.8 Å². The van der Waals surface area contributed by atoms with E-state index in [1.165, 1.54) is 25.3 Å². The van der Waals surface area contributed by atoms with Crippen molar-refractivity contribution in [1.29, 1.82) is 0 Å². The van der Waals surface area contributed by atoms with Crippen LogP contribution in [0.3, 0.4) is 0 Å². The lowest BCUT2D eigenvalue weighted by atomic mass is 10.1. The number of ether oxygens (including phenoxy) is 1. The number of likely N-dealkylation sites (N-methyl/N-ethyl adjacent to an activating group) is 1. The molecular formula is C15H29NO3. The van der Waals surface area contributed by atoms with Gasteiger partial charge in [-0.1, -0.05) is 38.7 Å². The highest BCUT2D eigenvalue weighted by Gasteiger charge is 2.08. The van der Waals surface area contributed by atoms with Crippen molar-refractivity contribution in [2.75, 3.05) is 26.7 Å². The van der Waals surface area contributed by atoms with Crippen LogP contribution in [0.25, 0.3) is 0 Å². The Hall–Kier alpha value is -0.870. The molecule has 0 spiro atoms. The summed E-state index contributed by atoms with van der Waals surface area (Å²) in [6.45, 7) is 5.60. The standard InChI is InChI=1S/C15H29NO3/c1-4-6-7-8-10-14(17)13-16(3)11-12-19-15(18)9-5-2/h5,9,14,17H,4,6-8,10-13H2,1-3H3/b9-5+. The van der Waals surface area contributed by atoms with E-state index in [0.717, 1.165) is 12.8 Å². The van der Waals surface area contributed by atoms with Crippen LogP contribution in [0.4, 0.5) is 0 Å². The normalized spacial score (nSPS) is 13.1. The Bertz CT molecular complexity index is 254. The van der Waals surface area contributed by atoms with E-state index in [2.05, 4.69) is 6.92 Å². The molecule has 0 saturated heterocycles. The van der Waals surface area contributed by atoms with E-state index in [-0.39, 0.29) is 12.1 Å². The van der Waals surface area contributed by atoms with E-state index in [9.17, 15) is 9.90 Å². The number of aliphatic hydroxyl groups excluding tert-OH is 1. The van der Waals surface area contributed by atoms with E-state index in [1.807, 2.05) is 11.9 Å². The predicted octanol–water partition coefficient (Wildman–Crippen LogP) is 2.37. The molecule has 4 nitrogen and oxygen atoms in total. The van der Waals surface area contributed by atoms with Crippen LogP contribution >= 0.6 is 0 Å². The number of hydrogen-bond donors (Lipinski definition) is 1. The zero-order valence-corrected chi connectivity index (χ0v) is 12.6. The number of esters is 1. The fraction of sp³-hybridized carbons (Fsp3) is 0.800. The molecule has 19 heavy (non-hydrogen) atoms. The summed E-state index contributed by atoms with van der Waals surface area (Å²) < 4.78 is 5.00. The highest BCUT2D eigenvalue weighted by atomic mass is 16.5. The third-order valence-electron chi connectivity index (χ3n) is 2.93. The minimum Gasteiger partial charge on any atom is -0.461 e. The zero-order chi connectivity index (χ0) is 14.5. The molecule has 0 radical (unpaired) electrons. The summed E-state index contributed by atoms with van der Waals surface area (Å²) in [5.41, 5.74) is 0. The molecule has 1 unspecified atom stereocenters. The van der Waals surface area contributed by atoms with Gasteiger partial charge in [0.05, 0.1) is 6.10 Å². The average molecular weight is 271 g/mol. The van der Waals surface area contributed by atoms with Gasteiger partial charge in [0.1, 0.15) is 6.61 Å². The molecule has 112 valence electrons. The van der Waals surface area contributed by atoms with Crippen LogP contribution in [0, 0.1) is 0 Å². The van der Waals surface area contributed by atoms with Crippen molar-refractivity contribution in [3.05, 3.63) is 12.2 Å². The molecule has 0 aromatic heterocycles. The predicted molar refractivity (Wildman–Crippen MR) is 78.0 cm³/mol. The molecule has 0 aromatic carbocycles. The number of aliphatic hydroxyl groups is 1. The summed E-state index contributed by atoms with van der Waals surface area (Å²) in [6.07, 6.45) is 8.36. The summed E-state index contributed by atoms with van der Waals surface area (Å²) in [4.78, 5) is 13.1. The lowest BCUT2D eigenvalue weighted by Gasteiger charge is -2.20. The van der Waals surface area contributed by atoms with E-state index in [1.54, 1.807) is 13.0 Å². The molecule has 0 aromatic rings. The van der Waals surface area contributed by atoms with Gasteiger partial charge in [0.25, 0.3) is 0 Å². The van der Waals surface area contributed by atoms with Crippen molar-refractivity contribution in [1.82, 2.24) is 4.90 Å². The average Bonchev–Trinajstić information content (AvgIpc) is 2.35. The van der Waals surface area contributed by atoms with E-state index < -0.39 is 0 Å². The number of nitrogens with zero attached hydrogens (tertiary/aromatic N) is 1. The van der Waals surface area contributed by atoms with Gasteiger partial charge in [-0.15, -0.1) is 0 Å². The second-order valence-corrected chi connectivity index (χ2v) is 4.93. The molecule has 0 amide bonds.